The van der Waals surface area contributed by atoms with E-state index in [2.05, 4.69) is 15.3 Å². The average molecular weight is 346 g/mol. The van der Waals surface area contributed by atoms with E-state index < -0.39 is 0 Å². The number of para-hydroxylation sites is 2. The van der Waals surface area contributed by atoms with Crippen LogP contribution in [-0.2, 0) is 11.3 Å². The van der Waals surface area contributed by atoms with E-state index in [1.807, 2.05) is 48.5 Å². The van der Waals surface area contributed by atoms with Crippen molar-refractivity contribution in [3.63, 3.8) is 0 Å². The van der Waals surface area contributed by atoms with Gasteiger partial charge in [-0.15, -0.1) is 0 Å². The minimum atomic E-state index is -0.272. The third-order valence-corrected chi connectivity index (χ3v) is 4.43. The second-order valence-electron chi connectivity index (χ2n) is 6.25. The van der Waals surface area contributed by atoms with Crippen LogP contribution in [0.4, 0.5) is 5.69 Å². The summed E-state index contributed by atoms with van der Waals surface area (Å²) in [5, 5.41) is 2.86. The van der Waals surface area contributed by atoms with E-state index in [-0.39, 0.29) is 17.5 Å². The maximum atomic E-state index is 12.4. The van der Waals surface area contributed by atoms with Gasteiger partial charge in [0, 0.05) is 25.2 Å². The van der Waals surface area contributed by atoms with Gasteiger partial charge in [-0.25, -0.2) is 4.98 Å². The van der Waals surface area contributed by atoms with E-state index in [1.165, 1.54) is 6.20 Å². The van der Waals surface area contributed by atoms with Crippen LogP contribution in [0.15, 0.2) is 54.7 Å². The van der Waals surface area contributed by atoms with Gasteiger partial charge in [0.05, 0.1) is 17.2 Å². The molecule has 6 nitrogen and oxygen atoms in total. The van der Waals surface area contributed by atoms with E-state index in [4.69, 9.17) is 0 Å². The molecule has 1 aromatic heterocycles. The number of aromatic nitrogens is 2. The van der Waals surface area contributed by atoms with Crippen LogP contribution in [0.2, 0.25) is 0 Å². The Morgan fingerprint density at radius 1 is 1.12 bits per heavy atom. The SMILES string of the molecule is O=C(NCc1cccc(N2CCCC2=O)c1)c1cnc2ccccc2n1. The molecule has 0 radical (unpaired) electrons. The molecule has 1 aliphatic rings. The molecule has 1 aliphatic heterocycles. The van der Waals surface area contributed by atoms with Gasteiger partial charge in [0.25, 0.3) is 5.91 Å². The van der Waals surface area contributed by atoms with Gasteiger partial charge in [0.1, 0.15) is 5.69 Å². The lowest BCUT2D eigenvalue weighted by molar-refractivity contribution is -0.117. The van der Waals surface area contributed by atoms with E-state index in [0.717, 1.165) is 29.7 Å². The largest absolute Gasteiger partial charge is 0.347 e. The fourth-order valence-electron chi connectivity index (χ4n) is 3.09. The molecule has 4 rings (SSSR count). The van der Waals surface area contributed by atoms with Crippen LogP contribution in [0.5, 0.6) is 0 Å². The summed E-state index contributed by atoms with van der Waals surface area (Å²) < 4.78 is 0. The van der Waals surface area contributed by atoms with Crippen LogP contribution in [-0.4, -0.2) is 28.3 Å². The van der Waals surface area contributed by atoms with Gasteiger partial charge in [-0.3, -0.25) is 14.6 Å². The molecule has 1 N–H and O–H groups in total. The first kappa shape index (κ1) is 16.2. The summed E-state index contributed by atoms with van der Waals surface area (Å²) in [5.41, 5.74) is 3.55. The van der Waals surface area contributed by atoms with E-state index >= 15 is 0 Å². The molecule has 0 aliphatic carbocycles. The molecule has 2 aromatic carbocycles. The fraction of sp³-hybridized carbons (Fsp3) is 0.200. The first-order valence-corrected chi connectivity index (χ1v) is 8.60. The Hall–Kier alpha value is -3.28. The minimum absolute atomic E-state index is 0.151. The lowest BCUT2D eigenvalue weighted by Crippen LogP contribution is -2.25. The number of amides is 2. The van der Waals surface area contributed by atoms with Gasteiger partial charge in [-0.05, 0) is 36.2 Å². The number of rotatable bonds is 4. The van der Waals surface area contributed by atoms with Crippen molar-refractivity contribution in [1.82, 2.24) is 15.3 Å². The molecular formula is C20H18N4O2. The second-order valence-corrected chi connectivity index (χ2v) is 6.25. The van der Waals surface area contributed by atoms with E-state index in [0.29, 0.717) is 18.5 Å². The van der Waals surface area contributed by atoms with Crippen molar-refractivity contribution in [1.29, 1.82) is 0 Å². The molecule has 0 spiro atoms. The lowest BCUT2D eigenvalue weighted by Gasteiger charge is -2.16. The van der Waals surface area contributed by atoms with Crippen molar-refractivity contribution in [3.05, 3.63) is 66.0 Å². The second kappa shape index (κ2) is 6.92. The number of benzene rings is 2. The van der Waals surface area contributed by atoms with Crippen LogP contribution in [0.3, 0.4) is 0 Å². The summed E-state index contributed by atoms with van der Waals surface area (Å²) >= 11 is 0. The average Bonchev–Trinajstić information content (AvgIpc) is 3.12. The predicted octanol–water partition coefficient (Wildman–Crippen LogP) is 2.69. The number of hydrogen-bond donors (Lipinski definition) is 1. The smallest absolute Gasteiger partial charge is 0.271 e. The Bertz CT molecular complexity index is 986. The van der Waals surface area contributed by atoms with Gasteiger partial charge in [0.15, 0.2) is 0 Å². The molecule has 2 amide bonds. The lowest BCUT2D eigenvalue weighted by atomic mass is 10.2. The van der Waals surface area contributed by atoms with Gasteiger partial charge in [-0.1, -0.05) is 24.3 Å². The topological polar surface area (TPSA) is 75.2 Å². The molecule has 26 heavy (non-hydrogen) atoms. The monoisotopic (exact) mass is 346 g/mol. The van der Waals surface area contributed by atoms with Crippen molar-refractivity contribution >= 4 is 28.5 Å². The zero-order valence-electron chi connectivity index (χ0n) is 14.2. The number of anilines is 1. The zero-order chi connectivity index (χ0) is 17.9. The Morgan fingerprint density at radius 3 is 2.77 bits per heavy atom. The summed E-state index contributed by atoms with van der Waals surface area (Å²) in [6, 6.07) is 15.1. The van der Waals surface area contributed by atoms with Gasteiger partial charge in [0.2, 0.25) is 5.91 Å². The Labute approximate surface area is 150 Å². The van der Waals surface area contributed by atoms with Crippen LogP contribution in [0.1, 0.15) is 28.9 Å². The van der Waals surface area contributed by atoms with Crippen molar-refractivity contribution in [2.45, 2.75) is 19.4 Å². The standard InChI is InChI=1S/C20H18N4O2/c25-19-9-4-10-24(19)15-6-3-5-14(11-15)12-22-20(26)18-13-21-16-7-1-2-8-17(16)23-18/h1-3,5-8,11,13H,4,9-10,12H2,(H,22,26). The number of fused-ring (bicyclic) bond motifs is 1. The molecule has 1 saturated heterocycles. The van der Waals surface area contributed by atoms with Crippen LogP contribution in [0, 0.1) is 0 Å². The van der Waals surface area contributed by atoms with Crippen LogP contribution < -0.4 is 10.2 Å². The summed E-state index contributed by atoms with van der Waals surface area (Å²) in [6.45, 7) is 1.12. The minimum Gasteiger partial charge on any atom is -0.347 e. The Kier molecular flexibility index (Phi) is 4.31. The maximum Gasteiger partial charge on any atom is 0.271 e. The predicted molar refractivity (Wildman–Crippen MR) is 98.7 cm³/mol. The molecule has 0 unspecified atom stereocenters. The number of nitrogens with zero attached hydrogens (tertiary/aromatic N) is 3. The molecule has 0 saturated carbocycles. The highest BCUT2D eigenvalue weighted by molar-refractivity contribution is 5.95. The van der Waals surface area contributed by atoms with E-state index in [9.17, 15) is 9.59 Å². The molecule has 6 heteroatoms. The number of carbonyl (C=O) groups is 2. The maximum absolute atomic E-state index is 12.4. The molecule has 130 valence electrons. The number of nitrogens with one attached hydrogen (secondary N) is 1. The molecule has 0 atom stereocenters. The summed E-state index contributed by atoms with van der Waals surface area (Å²) in [7, 11) is 0. The molecule has 0 bridgehead atoms. The Morgan fingerprint density at radius 2 is 1.96 bits per heavy atom. The Balaban J connectivity index is 1.46. The van der Waals surface area contributed by atoms with Crippen molar-refractivity contribution in [2.24, 2.45) is 0 Å². The first-order chi connectivity index (χ1) is 12.7. The fourth-order valence-corrected chi connectivity index (χ4v) is 3.09. The van der Waals surface area contributed by atoms with Gasteiger partial charge in [-0.2, -0.15) is 0 Å². The summed E-state index contributed by atoms with van der Waals surface area (Å²) in [6.07, 6.45) is 2.97. The highest BCUT2D eigenvalue weighted by atomic mass is 16.2. The summed E-state index contributed by atoms with van der Waals surface area (Å²) in [5.74, 6) is -0.122. The molecule has 3 aromatic rings. The molecule has 1 fully saturated rings. The first-order valence-electron chi connectivity index (χ1n) is 8.60. The normalized spacial score (nSPS) is 14.0. The van der Waals surface area contributed by atoms with Crippen LogP contribution in [0.25, 0.3) is 11.0 Å². The van der Waals surface area contributed by atoms with Crippen LogP contribution >= 0.6 is 0 Å². The third-order valence-electron chi connectivity index (χ3n) is 4.43. The highest BCUT2D eigenvalue weighted by Crippen LogP contribution is 2.22. The molecular weight excluding hydrogens is 328 g/mol. The summed E-state index contributed by atoms with van der Waals surface area (Å²) in [4.78, 5) is 34.7. The van der Waals surface area contributed by atoms with Crippen molar-refractivity contribution in [3.8, 4) is 0 Å². The van der Waals surface area contributed by atoms with Crippen molar-refractivity contribution < 1.29 is 9.59 Å². The zero-order valence-corrected chi connectivity index (χ0v) is 14.2. The third kappa shape index (κ3) is 3.26. The van der Waals surface area contributed by atoms with Crippen molar-refractivity contribution in [2.75, 3.05) is 11.4 Å². The number of hydrogen-bond acceptors (Lipinski definition) is 4. The van der Waals surface area contributed by atoms with E-state index in [1.54, 1.807) is 4.90 Å². The quantitative estimate of drug-likeness (QED) is 0.788. The number of carbonyl (C=O) groups excluding carboxylic acids is 2. The van der Waals surface area contributed by atoms with Gasteiger partial charge < -0.3 is 10.2 Å². The van der Waals surface area contributed by atoms with Gasteiger partial charge >= 0.3 is 0 Å². The molecule has 2 heterocycles. The highest BCUT2D eigenvalue weighted by Gasteiger charge is 2.21.